The number of carboxylic acids is 12. The highest BCUT2D eigenvalue weighted by atomic mass is 16.4. The summed E-state index contributed by atoms with van der Waals surface area (Å²) in [6, 6.07) is 18.0. The maximum atomic E-state index is 10.9. The van der Waals surface area contributed by atoms with Crippen molar-refractivity contribution in [2.75, 3.05) is 0 Å². The topological polar surface area (TPSA) is 567 Å². The monoisotopic (exact) mass is 1310 g/mol. The molecule has 31 nitrogen and oxygen atoms in total. The molecule has 0 bridgehead atoms. The van der Waals surface area contributed by atoms with Crippen LogP contribution in [0.25, 0.3) is 0 Å². The molecule has 0 aliphatic heterocycles. The molecule has 0 amide bonds. The molecular weight excluding hydrogens is 1240 g/mol. The number of ketones is 7. The van der Waals surface area contributed by atoms with E-state index < -0.39 is 83.6 Å². The van der Waals surface area contributed by atoms with Crippen molar-refractivity contribution in [2.24, 2.45) is 0 Å². The molecule has 0 spiro atoms. The van der Waals surface area contributed by atoms with Crippen LogP contribution >= 0.6 is 0 Å². The van der Waals surface area contributed by atoms with Gasteiger partial charge in [0.05, 0.1) is 28.7 Å². The van der Waals surface area contributed by atoms with Crippen LogP contribution in [0.5, 0.6) is 0 Å². The average Bonchev–Trinajstić information content (AvgIpc) is 1.01. The number of aromatic carboxylic acids is 3. The third-order valence-electron chi connectivity index (χ3n) is 8.75. The molecule has 0 aliphatic carbocycles. The number of hydrogen-bond acceptors (Lipinski definition) is 19. The van der Waals surface area contributed by atoms with E-state index in [0.717, 1.165) is 30.4 Å². The van der Waals surface area contributed by atoms with Gasteiger partial charge in [-0.3, -0.25) is 38.4 Å². The minimum Gasteiger partial charge on any atom is -0.481 e. The van der Waals surface area contributed by atoms with Gasteiger partial charge in [-0.25, -0.2) is 52.7 Å². The van der Waals surface area contributed by atoms with Gasteiger partial charge in [0.15, 0.2) is 34.7 Å². The van der Waals surface area contributed by atoms with Crippen molar-refractivity contribution in [3.05, 3.63) is 190 Å². The fourth-order valence-corrected chi connectivity index (χ4v) is 4.65. The van der Waals surface area contributed by atoms with Gasteiger partial charge in [-0.1, -0.05) is 60.7 Å². The Labute approximate surface area is 527 Å². The van der Waals surface area contributed by atoms with Crippen LogP contribution in [0.2, 0.25) is 0 Å². The third kappa shape index (κ3) is 60.6. The number of carbonyl (C=O) groups excluding carboxylic acids is 7. The Morgan fingerprint density at radius 1 is 0.333 bits per heavy atom. The van der Waals surface area contributed by atoms with E-state index in [2.05, 4.69) is 0 Å². The fraction of sp³-hybridized carbons (Fsp3) is 0.177. The molecule has 3 aromatic carbocycles. The maximum absolute atomic E-state index is 10.9. The summed E-state index contributed by atoms with van der Waals surface area (Å²) in [5, 5.41) is 98.6. The smallest absolute Gasteiger partial charge is 0.336 e. The number of aliphatic carboxylic acids is 9. The first-order valence-electron chi connectivity index (χ1n) is 25.1. The van der Waals surface area contributed by atoms with Gasteiger partial charge < -0.3 is 61.3 Å². The van der Waals surface area contributed by atoms with Gasteiger partial charge in [-0.2, -0.15) is 0 Å². The van der Waals surface area contributed by atoms with Gasteiger partial charge in [0, 0.05) is 64.6 Å². The zero-order valence-corrected chi connectivity index (χ0v) is 50.8. The quantitative estimate of drug-likeness (QED) is 0.0285. The van der Waals surface area contributed by atoms with E-state index >= 15 is 0 Å². The normalized spacial score (nSPS) is 10.1. The number of carboxylic acid groups (broad SMARTS) is 12. The summed E-state index contributed by atoms with van der Waals surface area (Å²) in [7, 11) is 0. The summed E-state index contributed by atoms with van der Waals surface area (Å²) >= 11 is 0. The third-order valence-corrected chi connectivity index (χ3v) is 8.75. The summed E-state index contributed by atoms with van der Waals surface area (Å²) in [5.41, 5.74) is 0.840. The lowest BCUT2D eigenvalue weighted by Crippen LogP contribution is -2.08. The number of Topliss-reactive ketones (excluding diaryl/α,β-unsaturated/α-hetero) is 4. The van der Waals surface area contributed by atoms with E-state index in [1.807, 2.05) is 0 Å². The van der Waals surface area contributed by atoms with Crippen molar-refractivity contribution < 1.29 is 152 Å². The van der Waals surface area contributed by atoms with Crippen molar-refractivity contribution in [1.29, 1.82) is 0 Å². The van der Waals surface area contributed by atoms with Crippen molar-refractivity contribution in [3.8, 4) is 0 Å². The molecule has 0 heterocycles. The average molecular weight is 1310 g/mol. The summed E-state index contributed by atoms with van der Waals surface area (Å²) in [5.74, 6) is -15.2. The lowest BCUT2D eigenvalue weighted by Gasteiger charge is -1.99. The summed E-state index contributed by atoms with van der Waals surface area (Å²) < 4.78 is 0. The van der Waals surface area contributed by atoms with Crippen LogP contribution in [0, 0.1) is 0 Å². The molecule has 3 aromatic rings. The van der Waals surface area contributed by atoms with Crippen LogP contribution in [-0.2, 0) is 62.3 Å². The first-order chi connectivity index (χ1) is 42.7. The number of hydrogen-bond donors (Lipinski definition) is 12. The van der Waals surface area contributed by atoms with Gasteiger partial charge in [0.1, 0.15) is 5.78 Å². The van der Waals surface area contributed by atoms with Crippen LogP contribution in [0.4, 0.5) is 0 Å². The minimum atomic E-state index is -1.54. The van der Waals surface area contributed by atoms with Crippen LogP contribution < -0.4 is 0 Å². The Bertz CT molecular complexity index is 3260. The Hall–Kier alpha value is -12.8. The fourth-order valence-electron chi connectivity index (χ4n) is 4.65. The lowest BCUT2D eigenvalue weighted by atomic mass is 10.1. The number of carbonyl (C=O) groups is 19. The van der Waals surface area contributed by atoms with Gasteiger partial charge in [0.25, 0.3) is 0 Å². The SMILES string of the molecule is C/C(=C/C(=O)O)C(=O)O.CC(=O)/C=C(\C)C(=O)O.CC(=O)/C=C/C=C/C(=O)O.CC(=O)/C=C\C(=O)O.CC(=O)C/C=C/C(=O)O.CC(=O)c1ccc(C(=O)O)cc1.CC(=O)c1cccc(C(=O)O)c1.CC(=O)c1ccccc1C(=O)O.O=C(O)/C=C(/CC(=O)O)C(=O)O. The first kappa shape index (κ1) is 91.3. The highest BCUT2D eigenvalue weighted by molar-refractivity contribution is 6.05. The number of allylic oxidation sites excluding steroid dienone is 6. The molecule has 0 radical (unpaired) electrons. The second-order valence-electron chi connectivity index (χ2n) is 17.0. The zero-order valence-electron chi connectivity index (χ0n) is 50.8. The molecule has 0 atom stereocenters. The van der Waals surface area contributed by atoms with E-state index in [-0.39, 0.29) is 80.3 Å². The molecule has 0 aliphatic rings. The predicted molar refractivity (Wildman–Crippen MR) is 323 cm³/mol. The maximum Gasteiger partial charge on any atom is 0.336 e. The van der Waals surface area contributed by atoms with Crippen LogP contribution in [0.1, 0.15) is 137 Å². The molecule has 31 heteroatoms. The van der Waals surface area contributed by atoms with E-state index in [4.69, 9.17) is 61.3 Å². The van der Waals surface area contributed by atoms with Crippen LogP contribution in [-0.4, -0.2) is 173 Å². The van der Waals surface area contributed by atoms with E-state index in [9.17, 15) is 91.1 Å². The van der Waals surface area contributed by atoms with Crippen molar-refractivity contribution in [1.82, 2.24) is 0 Å². The summed E-state index contributed by atoms with van der Waals surface area (Å²) in [6.45, 7) is 12.2. The zero-order chi connectivity index (χ0) is 73.8. The van der Waals surface area contributed by atoms with Crippen molar-refractivity contribution in [2.45, 2.75) is 75.2 Å². The highest BCUT2D eigenvalue weighted by Gasteiger charge is 2.14. The van der Waals surface area contributed by atoms with Crippen molar-refractivity contribution in [3.63, 3.8) is 0 Å². The van der Waals surface area contributed by atoms with E-state index in [1.54, 1.807) is 24.3 Å². The Balaban J connectivity index is -0.000000230. The Morgan fingerprint density at radius 3 is 1.03 bits per heavy atom. The van der Waals surface area contributed by atoms with Gasteiger partial charge in [0.2, 0.25) is 0 Å². The molecule has 0 aromatic heterocycles. The first-order valence-corrected chi connectivity index (χ1v) is 25.1. The standard InChI is InChI=1S/3C9H8O3.C7H8O3.C6H6O6.2C6H8O3.C5H6O4.C5H6O3/c1-6(10)7-2-4-8(5-3-7)9(11)12;1-6(10)7-3-2-4-8(5-7)9(11)12;1-6(10)7-4-2-3-5-8(7)9(11)12;1-6(8)4-2-3-5-7(9)10;7-4(8)1-3(6(11)12)2-5(9)10;1-4(6(8)9)3-5(2)7;1-5(7)3-2-4-6(8)9;1-3(5(8)9)2-4(6)7;1-4(6)2-3-5(7)8/h3*2-5H,1H3,(H,11,12);2-5H,1H3,(H,9,10);1H,2H2,(H,7,8)(H,9,10)(H,11,12);3H,1-2H3,(H,8,9);2,4H,3H2,1H3,(H,8,9);2H,1H3,(H,6,7)(H,8,9);2-3H,1H3,(H,7,8)/b;;;4-2+,5-3+;3-1-;4-3+;4-2+;2*3-2-. The molecule has 0 saturated carbocycles. The van der Waals surface area contributed by atoms with E-state index in [0.29, 0.717) is 23.3 Å². The number of benzene rings is 3. The molecule has 0 fully saturated rings. The molecular formula is C62H66O31. The molecule has 3 rings (SSSR count). The predicted octanol–water partition coefficient (Wildman–Crippen LogP) is 6.62. The molecule has 0 saturated heterocycles. The molecule has 0 unspecified atom stereocenters. The minimum absolute atomic E-state index is 0.0347. The second-order valence-corrected chi connectivity index (χ2v) is 17.0. The summed E-state index contributed by atoms with van der Waals surface area (Å²) in [4.78, 5) is 194. The molecule has 12 N–H and O–H groups in total. The lowest BCUT2D eigenvalue weighted by molar-refractivity contribution is -0.140. The second kappa shape index (κ2) is 52.3. The number of rotatable bonds is 22. The largest absolute Gasteiger partial charge is 0.481 e. The Kier molecular flexibility index (Phi) is 51.4. The van der Waals surface area contributed by atoms with Gasteiger partial charge in [-0.05, 0) is 111 Å². The van der Waals surface area contributed by atoms with Gasteiger partial charge in [-0.15, -0.1) is 0 Å². The van der Waals surface area contributed by atoms with E-state index in [1.165, 1.54) is 135 Å². The Morgan fingerprint density at radius 2 is 0.742 bits per heavy atom. The summed E-state index contributed by atoms with van der Waals surface area (Å²) in [6.07, 6.45) is 10.5. The van der Waals surface area contributed by atoms with Crippen LogP contribution in [0.15, 0.2) is 156 Å². The highest BCUT2D eigenvalue weighted by Crippen LogP contribution is 2.09. The molecule has 93 heavy (non-hydrogen) atoms. The van der Waals surface area contributed by atoms with Crippen LogP contribution in [0.3, 0.4) is 0 Å². The van der Waals surface area contributed by atoms with Crippen molar-refractivity contribution >= 4 is 112 Å². The molecule has 500 valence electrons. The van der Waals surface area contributed by atoms with Gasteiger partial charge >= 0.3 is 71.6 Å².